The number of aryl methyl sites for hydroxylation is 2. The molecule has 2 aromatic carbocycles. The average Bonchev–Trinajstić information content (AvgIpc) is 3.33. The van der Waals surface area contributed by atoms with E-state index in [-0.39, 0.29) is 5.92 Å². The number of aromatic nitrogens is 4. The molecule has 6 rings (SSSR count). The van der Waals surface area contributed by atoms with E-state index in [0.29, 0.717) is 40.9 Å². The summed E-state index contributed by atoms with van der Waals surface area (Å²) in [6.45, 7) is 7.07. The summed E-state index contributed by atoms with van der Waals surface area (Å²) in [7, 11) is 3.25. The maximum Gasteiger partial charge on any atom is 0.230 e. The molecule has 0 aliphatic carbocycles. The van der Waals surface area contributed by atoms with E-state index < -0.39 is 0 Å². The summed E-state index contributed by atoms with van der Waals surface area (Å²) >= 11 is 0. The Morgan fingerprint density at radius 3 is 2.50 bits per heavy atom. The molecule has 208 valence electrons. The number of hydrogen-bond donors (Lipinski definition) is 1. The first-order valence-corrected chi connectivity index (χ1v) is 13.6. The highest BCUT2D eigenvalue weighted by Crippen LogP contribution is 2.48. The molecule has 0 saturated carbocycles. The van der Waals surface area contributed by atoms with Crippen LogP contribution in [0.4, 0.5) is 0 Å². The summed E-state index contributed by atoms with van der Waals surface area (Å²) < 4.78 is 26.8. The summed E-state index contributed by atoms with van der Waals surface area (Å²) in [5.41, 5.74) is 4.66. The third-order valence-electron chi connectivity index (χ3n) is 7.64. The average molecular weight is 543 g/mol. The Balaban J connectivity index is 1.44. The van der Waals surface area contributed by atoms with Crippen LogP contribution in [-0.4, -0.2) is 71.3 Å². The lowest BCUT2D eigenvalue weighted by Gasteiger charge is -2.28. The van der Waals surface area contributed by atoms with Gasteiger partial charge in [0.15, 0.2) is 11.5 Å². The van der Waals surface area contributed by atoms with Crippen LogP contribution in [0.15, 0.2) is 54.9 Å². The van der Waals surface area contributed by atoms with Gasteiger partial charge in [-0.15, -0.1) is 0 Å². The largest absolute Gasteiger partial charge is 0.493 e. The van der Waals surface area contributed by atoms with Gasteiger partial charge in [0.1, 0.15) is 11.8 Å². The van der Waals surface area contributed by atoms with E-state index in [0.717, 1.165) is 61.8 Å². The van der Waals surface area contributed by atoms with E-state index in [2.05, 4.69) is 4.90 Å². The van der Waals surface area contributed by atoms with Crippen molar-refractivity contribution in [1.29, 1.82) is 5.41 Å². The molecule has 2 aliphatic rings. The lowest BCUT2D eigenvalue weighted by molar-refractivity contribution is 0.0369. The molecule has 4 aromatic rings. The van der Waals surface area contributed by atoms with Gasteiger partial charge < -0.3 is 23.5 Å². The maximum atomic E-state index is 9.31. The molecular formula is C30H34N6O4. The first-order chi connectivity index (χ1) is 19.6. The van der Waals surface area contributed by atoms with Crippen molar-refractivity contribution in [3.8, 4) is 28.9 Å². The molecule has 0 bridgehead atoms. The van der Waals surface area contributed by atoms with E-state index in [9.17, 15) is 5.41 Å². The number of ether oxygens (including phenoxy) is 4. The van der Waals surface area contributed by atoms with Crippen molar-refractivity contribution in [1.82, 2.24) is 24.2 Å². The van der Waals surface area contributed by atoms with Gasteiger partial charge in [-0.3, -0.25) is 10.3 Å². The highest BCUT2D eigenvalue weighted by Gasteiger charge is 2.37. The molecule has 0 spiro atoms. The minimum atomic E-state index is -0.331. The Kier molecular flexibility index (Phi) is 7.27. The van der Waals surface area contributed by atoms with Crippen molar-refractivity contribution < 1.29 is 18.9 Å². The van der Waals surface area contributed by atoms with E-state index in [1.54, 1.807) is 20.5 Å². The van der Waals surface area contributed by atoms with E-state index in [1.807, 2.05) is 64.7 Å². The monoisotopic (exact) mass is 542 g/mol. The molecule has 10 nitrogen and oxygen atoms in total. The second kappa shape index (κ2) is 11.1. The number of hydrogen-bond acceptors (Lipinski definition) is 8. The number of morpholine rings is 1. The topological polar surface area (TPSA) is 99.7 Å². The molecule has 0 radical (unpaired) electrons. The van der Waals surface area contributed by atoms with Gasteiger partial charge >= 0.3 is 0 Å². The van der Waals surface area contributed by atoms with Gasteiger partial charge in [-0.1, -0.05) is 24.3 Å². The highest BCUT2D eigenvalue weighted by atomic mass is 16.5. The molecule has 2 aliphatic heterocycles. The summed E-state index contributed by atoms with van der Waals surface area (Å²) in [4.78, 5) is 7.14. The second-order valence-electron chi connectivity index (χ2n) is 10.0. The first-order valence-electron chi connectivity index (χ1n) is 13.6. The van der Waals surface area contributed by atoms with Gasteiger partial charge in [0, 0.05) is 26.2 Å². The third kappa shape index (κ3) is 4.73. The number of benzene rings is 2. The van der Waals surface area contributed by atoms with Crippen LogP contribution < -0.4 is 19.7 Å². The second-order valence-corrected chi connectivity index (χ2v) is 10.0. The van der Waals surface area contributed by atoms with Crippen molar-refractivity contribution in [2.75, 3.05) is 47.1 Å². The predicted octanol–water partition coefficient (Wildman–Crippen LogP) is 3.88. The number of fused-ring (bicyclic) bond motifs is 2. The number of methoxy groups -OCH3 is 2. The first kappa shape index (κ1) is 26.1. The lowest BCUT2D eigenvalue weighted by atomic mass is 9.84. The highest BCUT2D eigenvalue weighted by molar-refractivity contribution is 5.59. The van der Waals surface area contributed by atoms with Gasteiger partial charge in [-0.2, -0.15) is 5.10 Å². The molecule has 1 fully saturated rings. The molecule has 1 saturated heterocycles. The summed E-state index contributed by atoms with van der Waals surface area (Å²) in [5.74, 6) is 1.96. The number of para-hydroxylation sites is 1. The van der Waals surface area contributed by atoms with Crippen LogP contribution in [0.2, 0.25) is 0 Å². The summed E-state index contributed by atoms with van der Waals surface area (Å²) in [5, 5.41) is 14.2. The molecule has 4 heterocycles. The quantitative estimate of drug-likeness (QED) is 0.318. The Morgan fingerprint density at radius 1 is 0.975 bits per heavy atom. The summed E-state index contributed by atoms with van der Waals surface area (Å²) in [6, 6.07) is 15.8. The van der Waals surface area contributed by atoms with Crippen molar-refractivity contribution in [2.24, 2.45) is 0 Å². The van der Waals surface area contributed by atoms with Crippen molar-refractivity contribution in [2.45, 2.75) is 25.8 Å². The molecule has 1 atom stereocenters. The fourth-order valence-corrected chi connectivity index (χ4v) is 5.60. The fraction of sp³-hybridized carbons (Fsp3) is 0.367. The van der Waals surface area contributed by atoms with Gasteiger partial charge in [-0.25, -0.2) is 9.67 Å². The van der Waals surface area contributed by atoms with Crippen molar-refractivity contribution in [3.05, 3.63) is 82.7 Å². The summed E-state index contributed by atoms with van der Waals surface area (Å²) in [6.07, 6.45) is 2.63. The van der Waals surface area contributed by atoms with Crippen LogP contribution in [0.25, 0.3) is 5.69 Å². The Morgan fingerprint density at radius 2 is 1.75 bits per heavy atom. The maximum absolute atomic E-state index is 9.31. The fourth-order valence-electron chi connectivity index (χ4n) is 5.60. The minimum Gasteiger partial charge on any atom is -0.493 e. The molecule has 10 heteroatoms. The number of rotatable bonds is 8. The zero-order chi connectivity index (χ0) is 27.6. The van der Waals surface area contributed by atoms with Crippen LogP contribution in [0.5, 0.6) is 23.3 Å². The van der Waals surface area contributed by atoms with E-state index in [1.165, 1.54) is 0 Å². The van der Waals surface area contributed by atoms with Crippen molar-refractivity contribution in [3.63, 3.8) is 0 Å². The third-order valence-corrected chi connectivity index (χ3v) is 7.64. The van der Waals surface area contributed by atoms with Crippen LogP contribution in [0.3, 0.4) is 0 Å². The van der Waals surface area contributed by atoms with Crippen molar-refractivity contribution >= 4 is 0 Å². The van der Waals surface area contributed by atoms with Gasteiger partial charge in [0.05, 0.1) is 55.9 Å². The smallest absolute Gasteiger partial charge is 0.230 e. The SMILES string of the molecule is COc1ccc([C@@H]2c3c(C)nn(-c4ccccc4)c3Oc3ncn(CCCN4CCOCC4)c(=N)c32)cc1OC. The van der Waals surface area contributed by atoms with Crippen LogP contribution >= 0.6 is 0 Å². The molecule has 2 aromatic heterocycles. The Hall–Kier alpha value is -4.15. The zero-order valence-electron chi connectivity index (χ0n) is 23.1. The van der Waals surface area contributed by atoms with Gasteiger partial charge in [-0.05, 0) is 43.2 Å². The number of nitrogens with zero attached hydrogens (tertiary/aromatic N) is 5. The Bertz CT molecular complexity index is 1560. The van der Waals surface area contributed by atoms with Crippen LogP contribution in [-0.2, 0) is 11.3 Å². The zero-order valence-corrected chi connectivity index (χ0v) is 23.1. The molecule has 40 heavy (non-hydrogen) atoms. The predicted molar refractivity (Wildman–Crippen MR) is 149 cm³/mol. The molecule has 0 amide bonds. The normalized spacial score (nSPS) is 16.6. The van der Waals surface area contributed by atoms with Gasteiger partial charge in [0.25, 0.3) is 0 Å². The van der Waals surface area contributed by atoms with E-state index >= 15 is 0 Å². The van der Waals surface area contributed by atoms with Crippen LogP contribution in [0, 0.1) is 12.3 Å². The molecule has 0 unspecified atom stereocenters. The standard InChI is InChI=1S/C30H34N6O4/c1-20-25-26(21-10-11-23(37-2)24(18-21)38-3)27-28(31)35(13-7-12-34-14-16-39-17-15-34)19-32-29(27)40-30(25)36(33-20)22-8-5-4-6-9-22/h4-6,8-11,18-19,26,31H,7,12-17H2,1-3H3/t26-/m1/s1. The van der Waals surface area contributed by atoms with Gasteiger partial charge in [0.2, 0.25) is 11.8 Å². The van der Waals surface area contributed by atoms with Crippen LogP contribution in [0.1, 0.15) is 34.7 Å². The molecule has 1 N–H and O–H groups in total. The lowest BCUT2D eigenvalue weighted by Crippen LogP contribution is -2.37. The number of nitrogens with one attached hydrogen (secondary N) is 1. The minimum absolute atomic E-state index is 0.331. The van der Waals surface area contributed by atoms with E-state index in [4.69, 9.17) is 29.0 Å². The molecular weight excluding hydrogens is 508 g/mol. The Labute approximate surface area is 233 Å².